The minimum Gasteiger partial charge on any atom is -0.356 e. The highest BCUT2D eigenvalue weighted by molar-refractivity contribution is 8.76. The van der Waals surface area contributed by atoms with E-state index in [0.717, 1.165) is 55.8 Å². The molecule has 3 atom stereocenters. The zero-order valence-electron chi connectivity index (χ0n) is 18.0. The van der Waals surface area contributed by atoms with Gasteiger partial charge in [-0.3, -0.25) is 9.59 Å². The number of urea groups is 1. The lowest BCUT2D eigenvalue weighted by Crippen LogP contribution is -2.36. The van der Waals surface area contributed by atoms with E-state index >= 15 is 0 Å². The number of carbonyl (C=O) groups is 3. The van der Waals surface area contributed by atoms with Gasteiger partial charge in [0.15, 0.2) is 0 Å². The van der Waals surface area contributed by atoms with Crippen LogP contribution >= 0.6 is 33.3 Å². The number of carbonyl (C=O) groups excluding carboxylic acids is 3. The largest absolute Gasteiger partial charge is 0.356 e. The molecule has 0 aliphatic carbocycles. The summed E-state index contributed by atoms with van der Waals surface area (Å²) >= 11 is 1.91. The van der Waals surface area contributed by atoms with Crippen molar-refractivity contribution in [3.8, 4) is 12.3 Å². The predicted octanol–water partition coefficient (Wildman–Crippen LogP) is 2.52. The fourth-order valence-corrected chi connectivity index (χ4v) is 6.96. The summed E-state index contributed by atoms with van der Waals surface area (Å²) in [5.41, 5.74) is 0. The van der Waals surface area contributed by atoms with Gasteiger partial charge in [0, 0.05) is 54.9 Å². The van der Waals surface area contributed by atoms with E-state index in [1.165, 1.54) is 0 Å². The summed E-state index contributed by atoms with van der Waals surface area (Å²) in [6, 6.07) is 0.455. The molecular formula is C21H34N4O3S3. The lowest BCUT2D eigenvalue weighted by atomic mass is 10.0. The van der Waals surface area contributed by atoms with Crippen molar-refractivity contribution in [2.24, 2.45) is 0 Å². The van der Waals surface area contributed by atoms with Gasteiger partial charge in [-0.15, -0.1) is 12.3 Å². The van der Waals surface area contributed by atoms with E-state index in [4.69, 9.17) is 6.42 Å². The summed E-state index contributed by atoms with van der Waals surface area (Å²) in [5, 5.41) is 12.3. The van der Waals surface area contributed by atoms with Crippen LogP contribution in [0.1, 0.15) is 51.4 Å². The molecule has 31 heavy (non-hydrogen) atoms. The number of hydrogen-bond acceptors (Lipinski definition) is 6. The van der Waals surface area contributed by atoms with Crippen molar-refractivity contribution in [2.45, 2.75) is 68.7 Å². The van der Waals surface area contributed by atoms with Gasteiger partial charge in [-0.2, -0.15) is 11.8 Å². The molecule has 0 bridgehead atoms. The lowest BCUT2D eigenvalue weighted by Gasteiger charge is -2.16. The average molecular weight is 487 g/mol. The smallest absolute Gasteiger partial charge is 0.315 e. The lowest BCUT2D eigenvalue weighted by molar-refractivity contribution is -0.121. The van der Waals surface area contributed by atoms with Gasteiger partial charge in [0.25, 0.3) is 0 Å². The molecule has 0 aromatic rings. The number of nitrogens with one attached hydrogen (secondary N) is 4. The van der Waals surface area contributed by atoms with Gasteiger partial charge in [-0.25, -0.2) is 4.79 Å². The molecule has 2 heterocycles. The van der Waals surface area contributed by atoms with Gasteiger partial charge in [0.05, 0.1) is 12.1 Å². The fraction of sp³-hybridized carbons (Fsp3) is 0.762. The fourth-order valence-electron chi connectivity index (χ4n) is 3.52. The third kappa shape index (κ3) is 10.8. The molecular weight excluding hydrogens is 452 g/mol. The van der Waals surface area contributed by atoms with Gasteiger partial charge in [-0.1, -0.05) is 28.0 Å². The molecule has 0 aromatic heterocycles. The van der Waals surface area contributed by atoms with E-state index in [-0.39, 0.29) is 29.9 Å². The van der Waals surface area contributed by atoms with E-state index in [9.17, 15) is 14.4 Å². The topological polar surface area (TPSA) is 99.3 Å². The molecule has 4 amide bonds. The summed E-state index contributed by atoms with van der Waals surface area (Å²) < 4.78 is 0. The van der Waals surface area contributed by atoms with E-state index in [1.54, 1.807) is 21.6 Å². The third-order valence-electron chi connectivity index (χ3n) is 5.15. The Kier molecular flexibility index (Phi) is 13.1. The van der Waals surface area contributed by atoms with Gasteiger partial charge in [0.1, 0.15) is 0 Å². The monoisotopic (exact) mass is 486 g/mol. The maximum absolute atomic E-state index is 11.9. The van der Waals surface area contributed by atoms with Gasteiger partial charge in [-0.05, 0) is 25.7 Å². The number of thioether (sulfide) groups is 1. The van der Waals surface area contributed by atoms with E-state index in [1.807, 2.05) is 11.8 Å². The Morgan fingerprint density at radius 1 is 1.03 bits per heavy atom. The number of fused-ring (bicyclic) bond motifs is 1. The molecule has 0 saturated carbocycles. The highest BCUT2D eigenvalue weighted by atomic mass is 33.1. The summed E-state index contributed by atoms with van der Waals surface area (Å²) in [5.74, 6) is 5.35. The van der Waals surface area contributed by atoms with Crippen molar-refractivity contribution in [1.82, 2.24) is 21.3 Å². The first-order valence-electron chi connectivity index (χ1n) is 11.0. The number of amides is 4. The van der Waals surface area contributed by atoms with Crippen molar-refractivity contribution in [3.63, 3.8) is 0 Å². The Bertz CT molecular complexity index is 629. The number of terminal acetylenes is 1. The van der Waals surface area contributed by atoms with Crippen LogP contribution < -0.4 is 21.3 Å². The summed E-state index contributed by atoms with van der Waals surface area (Å²) in [6.07, 6.45) is 11.8. The number of unbranched alkanes of at least 4 members (excludes halogenated alkanes) is 3. The van der Waals surface area contributed by atoms with Crippen molar-refractivity contribution in [2.75, 3.05) is 30.3 Å². The Balaban J connectivity index is 1.35. The molecule has 0 spiro atoms. The minimum absolute atomic E-state index is 0.0500. The van der Waals surface area contributed by atoms with Crippen LogP contribution in [0.15, 0.2) is 0 Å². The van der Waals surface area contributed by atoms with Crippen LogP contribution in [0.5, 0.6) is 0 Å². The molecule has 0 radical (unpaired) electrons. The second-order valence-corrected chi connectivity index (χ2v) is 11.6. The molecule has 2 aliphatic rings. The molecule has 2 aliphatic heterocycles. The second-order valence-electron chi connectivity index (χ2n) is 7.62. The Labute approximate surface area is 197 Å². The second kappa shape index (κ2) is 15.6. The van der Waals surface area contributed by atoms with Crippen molar-refractivity contribution < 1.29 is 14.4 Å². The molecule has 0 unspecified atom stereocenters. The predicted molar refractivity (Wildman–Crippen MR) is 132 cm³/mol. The molecule has 0 aromatic carbocycles. The van der Waals surface area contributed by atoms with Crippen LogP contribution in [0.3, 0.4) is 0 Å². The van der Waals surface area contributed by atoms with E-state index in [2.05, 4.69) is 27.2 Å². The van der Waals surface area contributed by atoms with Gasteiger partial charge in [0.2, 0.25) is 11.8 Å². The normalized spacial score (nSPS) is 21.6. The van der Waals surface area contributed by atoms with Gasteiger partial charge < -0.3 is 21.3 Å². The molecule has 174 valence electrons. The maximum Gasteiger partial charge on any atom is 0.315 e. The van der Waals surface area contributed by atoms with Crippen LogP contribution in [0.2, 0.25) is 0 Å². The first-order valence-corrected chi connectivity index (χ1v) is 14.5. The molecule has 2 fully saturated rings. The van der Waals surface area contributed by atoms with Crippen molar-refractivity contribution >= 4 is 51.2 Å². The van der Waals surface area contributed by atoms with E-state index in [0.29, 0.717) is 31.2 Å². The maximum atomic E-state index is 11.9. The van der Waals surface area contributed by atoms with Crippen LogP contribution in [0.4, 0.5) is 4.79 Å². The molecule has 2 saturated heterocycles. The highest BCUT2D eigenvalue weighted by Crippen LogP contribution is 2.33. The van der Waals surface area contributed by atoms with Crippen molar-refractivity contribution in [1.29, 1.82) is 0 Å². The summed E-state index contributed by atoms with van der Waals surface area (Å²) in [7, 11) is 3.35. The number of rotatable bonds is 16. The molecule has 7 nitrogen and oxygen atoms in total. The molecule has 4 N–H and O–H groups in total. The van der Waals surface area contributed by atoms with Gasteiger partial charge >= 0.3 is 6.03 Å². The summed E-state index contributed by atoms with van der Waals surface area (Å²) in [6.45, 7) is 1.34. The number of hydrogen-bond donors (Lipinski definition) is 4. The average Bonchev–Trinajstić information content (AvgIpc) is 3.29. The quantitative estimate of drug-likeness (QED) is 0.116. The standard InChI is InChI=1S/C21H34N4O3S3/c1-2-3-4-7-11-22-19(27)10-13-30-31-14-12-23-18(26)9-6-5-8-17-20-16(15-29-17)24-21(28)25-20/h1,16-17,20H,3-15H2,(H,22,27)(H,23,26)(H2,24,25,28)/t16-,17-,20-/m0/s1. The van der Waals surface area contributed by atoms with Crippen LogP contribution in [-0.2, 0) is 9.59 Å². The first kappa shape index (κ1) is 26.1. The zero-order valence-corrected chi connectivity index (χ0v) is 20.4. The minimum atomic E-state index is -0.0500. The Morgan fingerprint density at radius 2 is 1.81 bits per heavy atom. The Hall–Kier alpha value is -1.18. The Morgan fingerprint density at radius 3 is 2.65 bits per heavy atom. The summed E-state index contributed by atoms with van der Waals surface area (Å²) in [4.78, 5) is 35.0. The first-order chi connectivity index (χ1) is 15.1. The van der Waals surface area contributed by atoms with Crippen molar-refractivity contribution in [3.05, 3.63) is 0 Å². The van der Waals surface area contributed by atoms with Crippen LogP contribution in [0.25, 0.3) is 0 Å². The van der Waals surface area contributed by atoms with E-state index < -0.39 is 0 Å². The molecule has 10 heteroatoms. The SMILES string of the molecule is C#CCCCCNC(=O)CCSSCCNC(=O)CCCC[C@@H]1SC[C@@H]2NC(=O)N[C@@H]21. The third-order valence-corrected chi connectivity index (χ3v) is 9.07. The zero-order chi connectivity index (χ0) is 22.3. The molecule has 2 rings (SSSR count). The highest BCUT2D eigenvalue weighted by Gasteiger charge is 2.42. The van der Waals surface area contributed by atoms with Crippen LogP contribution in [-0.4, -0.2) is 65.5 Å². The van der Waals surface area contributed by atoms with Crippen LogP contribution in [0, 0.1) is 12.3 Å².